The fourth-order valence-corrected chi connectivity index (χ4v) is 4.29. The molecule has 1 atom stereocenters. The van der Waals surface area contributed by atoms with Crippen molar-refractivity contribution < 1.29 is 14.3 Å². The van der Waals surface area contributed by atoms with Gasteiger partial charge < -0.3 is 19.9 Å². The van der Waals surface area contributed by atoms with Crippen molar-refractivity contribution in [1.29, 1.82) is 0 Å². The van der Waals surface area contributed by atoms with Crippen LogP contribution in [0.25, 0.3) is 0 Å². The van der Waals surface area contributed by atoms with E-state index in [-0.39, 0.29) is 18.0 Å². The highest BCUT2D eigenvalue weighted by Gasteiger charge is 2.38. The summed E-state index contributed by atoms with van der Waals surface area (Å²) in [5.41, 5.74) is 3.14. The number of piperidine rings is 1. The van der Waals surface area contributed by atoms with Crippen LogP contribution in [-0.4, -0.2) is 43.1 Å². The molecule has 2 aromatic rings. The molecule has 1 saturated heterocycles. The van der Waals surface area contributed by atoms with E-state index in [1.54, 1.807) is 19.2 Å². The Kier molecular flexibility index (Phi) is 5.43. The van der Waals surface area contributed by atoms with Gasteiger partial charge in [0, 0.05) is 25.2 Å². The Bertz CT molecular complexity index is 910. The first-order valence-electron chi connectivity index (χ1n) is 10.2. The number of fused-ring (bicyclic) bond motifs is 2. The average molecular weight is 393 g/mol. The Morgan fingerprint density at radius 1 is 1.17 bits per heavy atom. The number of benzene rings is 2. The summed E-state index contributed by atoms with van der Waals surface area (Å²) in [7, 11) is 1.63. The lowest BCUT2D eigenvalue weighted by Crippen LogP contribution is -2.57. The van der Waals surface area contributed by atoms with E-state index in [4.69, 9.17) is 4.74 Å². The molecule has 0 aromatic heterocycles. The lowest BCUT2D eigenvalue weighted by Gasteiger charge is -2.47. The van der Waals surface area contributed by atoms with Crippen molar-refractivity contribution >= 4 is 17.5 Å². The van der Waals surface area contributed by atoms with Crippen LogP contribution in [0.3, 0.4) is 0 Å². The van der Waals surface area contributed by atoms with Gasteiger partial charge in [-0.05, 0) is 62.1 Å². The minimum absolute atomic E-state index is 0.0830. The zero-order chi connectivity index (χ0) is 20.4. The maximum absolute atomic E-state index is 12.9. The first-order chi connectivity index (χ1) is 14.1. The number of nitrogens with one attached hydrogen (secondary N) is 1. The van der Waals surface area contributed by atoms with E-state index < -0.39 is 0 Å². The third-order valence-corrected chi connectivity index (χ3v) is 5.84. The summed E-state index contributed by atoms with van der Waals surface area (Å²) in [5.74, 6) is 0.730. The largest absolute Gasteiger partial charge is 0.497 e. The number of hydrogen-bond donors (Lipinski definition) is 1. The maximum Gasteiger partial charge on any atom is 0.257 e. The van der Waals surface area contributed by atoms with Crippen molar-refractivity contribution in [3.63, 3.8) is 0 Å². The smallest absolute Gasteiger partial charge is 0.257 e. The molecule has 0 bridgehead atoms. The van der Waals surface area contributed by atoms with Crippen molar-refractivity contribution in [3.05, 3.63) is 59.2 Å². The normalized spacial score (nSPS) is 18.1. The van der Waals surface area contributed by atoms with E-state index in [0.717, 1.165) is 49.4 Å². The highest BCUT2D eigenvalue weighted by Crippen LogP contribution is 2.35. The molecule has 6 nitrogen and oxygen atoms in total. The van der Waals surface area contributed by atoms with Crippen molar-refractivity contribution in [3.8, 4) is 5.75 Å². The molecule has 2 aromatic carbocycles. The van der Waals surface area contributed by atoms with Crippen LogP contribution in [0.5, 0.6) is 5.75 Å². The fourth-order valence-electron chi connectivity index (χ4n) is 4.29. The van der Waals surface area contributed by atoms with Gasteiger partial charge in [0.05, 0.1) is 18.4 Å². The number of carbonyl (C=O) groups is 2. The first-order valence-corrected chi connectivity index (χ1v) is 10.2. The van der Waals surface area contributed by atoms with Crippen LogP contribution < -0.4 is 15.0 Å². The highest BCUT2D eigenvalue weighted by atomic mass is 16.5. The van der Waals surface area contributed by atoms with Crippen molar-refractivity contribution in [1.82, 2.24) is 10.2 Å². The summed E-state index contributed by atoms with van der Waals surface area (Å²) < 4.78 is 5.16. The number of methoxy groups -OCH3 is 1. The van der Waals surface area contributed by atoms with Gasteiger partial charge in [-0.3, -0.25) is 9.59 Å². The third-order valence-electron chi connectivity index (χ3n) is 5.84. The SMILES string of the molecule is CCN1c2cc(C(=O)NCc3ccc(OC)cc3)ccc2C(=O)N2CCCCC21. The molecular formula is C23H27N3O3. The lowest BCUT2D eigenvalue weighted by molar-refractivity contribution is 0.0582. The second kappa shape index (κ2) is 8.15. The van der Waals surface area contributed by atoms with Gasteiger partial charge in [0.2, 0.25) is 0 Å². The van der Waals surface area contributed by atoms with Gasteiger partial charge in [-0.2, -0.15) is 0 Å². The molecule has 0 radical (unpaired) electrons. The predicted molar refractivity (Wildman–Crippen MR) is 112 cm³/mol. The molecule has 1 unspecified atom stereocenters. The molecule has 2 heterocycles. The van der Waals surface area contributed by atoms with Gasteiger partial charge >= 0.3 is 0 Å². The van der Waals surface area contributed by atoms with Gasteiger partial charge in [0.1, 0.15) is 11.9 Å². The Hall–Kier alpha value is -3.02. The minimum atomic E-state index is -0.141. The Balaban J connectivity index is 1.53. The second-order valence-electron chi connectivity index (χ2n) is 7.52. The quantitative estimate of drug-likeness (QED) is 0.846. The van der Waals surface area contributed by atoms with Crippen LogP contribution in [0, 0.1) is 0 Å². The standard InChI is InChI=1S/C23H27N3O3/c1-3-25-20-14-17(22(27)24-15-16-7-10-18(29-2)11-8-16)9-12-19(20)23(28)26-13-5-4-6-21(25)26/h7-12,14,21H,3-6,13,15H2,1-2H3,(H,24,27). The maximum atomic E-state index is 12.9. The molecule has 1 N–H and O–H groups in total. The van der Waals surface area contributed by atoms with Gasteiger partial charge in [-0.1, -0.05) is 12.1 Å². The number of ether oxygens (including phenoxy) is 1. The lowest BCUT2D eigenvalue weighted by atomic mass is 9.97. The minimum Gasteiger partial charge on any atom is -0.497 e. The average Bonchev–Trinajstić information content (AvgIpc) is 2.78. The van der Waals surface area contributed by atoms with E-state index in [1.807, 2.05) is 35.2 Å². The molecule has 6 heteroatoms. The molecule has 0 spiro atoms. The number of carbonyl (C=O) groups excluding carboxylic acids is 2. The van der Waals surface area contributed by atoms with Crippen LogP contribution in [0.15, 0.2) is 42.5 Å². The summed E-state index contributed by atoms with van der Waals surface area (Å²) in [6.07, 6.45) is 3.27. The molecule has 4 rings (SSSR count). The fraction of sp³-hybridized carbons (Fsp3) is 0.391. The zero-order valence-electron chi connectivity index (χ0n) is 17.0. The van der Waals surface area contributed by atoms with E-state index in [2.05, 4.69) is 17.1 Å². The first kappa shape index (κ1) is 19.3. The molecule has 2 amide bonds. The van der Waals surface area contributed by atoms with Crippen LogP contribution >= 0.6 is 0 Å². The zero-order valence-corrected chi connectivity index (χ0v) is 17.0. The van der Waals surface area contributed by atoms with Crippen LogP contribution in [0.4, 0.5) is 5.69 Å². The molecule has 0 aliphatic carbocycles. The van der Waals surface area contributed by atoms with Crippen LogP contribution in [0.1, 0.15) is 52.5 Å². The summed E-state index contributed by atoms with van der Waals surface area (Å²) in [5, 5.41) is 2.97. The summed E-state index contributed by atoms with van der Waals surface area (Å²) in [4.78, 5) is 29.9. The number of anilines is 1. The summed E-state index contributed by atoms with van der Waals surface area (Å²) >= 11 is 0. The van der Waals surface area contributed by atoms with Crippen molar-refractivity contribution in [2.75, 3.05) is 25.1 Å². The van der Waals surface area contributed by atoms with Gasteiger partial charge in [-0.25, -0.2) is 0 Å². The highest BCUT2D eigenvalue weighted by molar-refractivity contribution is 6.04. The van der Waals surface area contributed by atoms with Gasteiger partial charge in [0.15, 0.2) is 0 Å². The second-order valence-corrected chi connectivity index (χ2v) is 7.52. The van der Waals surface area contributed by atoms with Crippen molar-refractivity contribution in [2.24, 2.45) is 0 Å². The molecule has 0 saturated carbocycles. The van der Waals surface area contributed by atoms with E-state index >= 15 is 0 Å². The number of rotatable bonds is 5. The molecule has 2 aliphatic heterocycles. The van der Waals surface area contributed by atoms with Crippen LogP contribution in [0.2, 0.25) is 0 Å². The summed E-state index contributed by atoms with van der Waals surface area (Å²) in [6, 6.07) is 13.0. The van der Waals surface area contributed by atoms with E-state index in [1.165, 1.54) is 0 Å². The third kappa shape index (κ3) is 3.67. The molecule has 2 aliphatic rings. The van der Waals surface area contributed by atoms with Gasteiger partial charge in [-0.15, -0.1) is 0 Å². The van der Waals surface area contributed by atoms with Crippen LogP contribution in [-0.2, 0) is 6.54 Å². The Morgan fingerprint density at radius 2 is 1.97 bits per heavy atom. The number of nitrogens with zero attached hydrogens (tertiary/aromatic N) is 2. The molecule has 29 heavy (non-hydrogen) atoms. The molecule has 152 valence electrons. The van der Waals surface area contributed by atoms with E-state index in [9.17, 15) is 9.59 Å². The summed E-state index contributed by atoms with van der Waals surface area (Å²) in [6.45, 7) is 4.15. The molecule has 1 fully saturated rings. The topological polar surface area (TPSA) is 61.9 Å². The van der Waals surface area contributed by atoms with Gasteiger partial charge in [0.25, 0.3) is 11.8 Å². The van der Waals surface area contributed by atoms with Crippen molar-refractivity contribution in [2.45, 2.75) is 38.9 Å². The molecular weight excluding hydrogens is 366 g/mol. The Morgan fingerprint density at radius 3 is 2.69 bits per heavy atom. The Labute approximate surface area is 171 Å². The van der Waals surface area contributed by atoms with E-state index in [0.29, 0.717) is 17.7 Å². The monoisotopic (exact) mass is 393 g/mol. The number of amides is 2. The predicted octanol–water partition coefficient (Wildman–Crippen LogP) is 3.42. The number of hydrogen-bond acceptors (Lipinski definition) is 4.